The lowest BCUT2D eigenvalue weighted by Crippen LogP contribution is -2.33. The monoisotopic (exact) mass is 598 g/mol. The Bertz CT molecular complexity index is 1560. The number of Topliss-reactive ketones (excluding diaryl/α,β-unsaturated/α-hetero) is 1. The van der Waals surface area contributed by atoms with Crippen LogP contribution in [-0.4, -0.2) is 32.9 Å². The molecule has 180 valence electrons. The number of benzene rings is 3. The lowest BCUT2D eigenvalue weighted by Gasteiger charge is -2.11. The number of hydrogen-bond donors (Lipinski definition) is 0. The second-order valence-corrected chi connectivity index (χ2v) is 10.9. The molecule has 3 aromatic carbocycles. The fourth-order valence-electron chi connectivity index (χ4n) is 4.00. The maximum atomic E-state index is 13.1. The van der Waals surface area contributed by atoms with E-state index in [1.807, 2.05) is 41.1 Å². The highest BCUT2D eigenvalue weighted by molar-refractivity contribution is 9.10. The molecule has 0 unspecified atom stereocenters. The molecule has 36 heavy (non-hydrogen) atoms. The van der Waals surface area contributed by atoms with Crippen molar-refractivity contribution in [2.45, 2.75) is 6.54 Å². The van der Waals surface area contributed by atoms with Crippen molar-refractivity contribution in [1.29, 1.82) is 0 Å². The first-order valence-electron chi connectivity index (χ1n) is 10.9. The van der Waals surface area contributed by atoms with E-state index >= 15 is 0 Å². The molecule has 1 saturated heterocycles. The molecule has 0 bridgehead atoms. The molecule has 0 N–H and O–H groups in total. The Kier molecular flexibility index (Phi) is 7.08. The van der Waals surface area contributed by atoms with Gasteiger partial charge < -0.3 is 4.57 Å². The van der Waals surface area contributed by atoms with Gasteiger partial charge >= 0.3 is 0 Å². The fourth-order valence-corrected chi connectivity index (χ4v) is 5.56. The van der Waals surface area contributed by atoms with Crippen LogP contribution in [0.25, 0.3) is 17.0 Å². The number of carbonyl (C=O) groups excluding carboxylic acids is 3. The summed E-state index contributed by atoms with van der Waals surface area (Å²) in [5.41, 5.74) is 3.09. The molecule has 1 aliphatic rings. The van der Waals surface area contributed by atoms with E-state index in [2.05, 4.69) is 15.9 Å². The zero-order valence-electron chi connectivity index (χ0n) is 18.6. The minimum Gasteiger partial charge on any atom is -0.342 e. The summed E-state index contributed by atoms with van der Waals surface area (Å²) in [6.45, 7) is 0.202. The summed E-state index contributed by atoms with van der Waals surface area (Å²) in [6, 6.07) is 20.0. The van der Waals surface area contributed by atoms with E-state index in [-0.39, 0.29) is 17.2 Å². The highest BCUT2D eigenvalue weighted by atomic mass is 79.9. The molecule has 1 aromatic heterocycles. The number of carbonyl (C=O) groups is 3. The Morgan fingerprint density at radius 2 is 1.75 bits per heavy atom. The van der Waals surface area contributed by atoms with Gasteiger partial charge in [-0.2, -0.15) is 0 Å². The van der Waals surface area contributed by atoms with Gasteiger partial charge in [0, 0.05) is 49.3 Å². The summed E-state index contributed by atoms with van der Waals surface area (Å²) < 4.78 is 2.88. The van der Waals surface area contributed by atoms with Gasteiger partial charge in [0.25, 0.3) is 11.1 Å². The number of imide groups is 1. The predicted octanol–water partition coefficient (Wildman–Crippen LogP) is 7.68. The SMILES string of the molecule is O=C(CN1C(=O)S/C(=C/c2cn(Cc3ccc(Cl)cc3Cl)c3ccccc23)C1=O)c1ccc(Br)cc1. The van der Waals surface area contributed by atoms with Crippen molar-refractivity contribution in [1.82, 2.24) is 9.47 Å². The van der Waals surface area contributed by atoms with Crippen LogP contribution >= 0.6 is 50.9 Å². The molecule has 2 amide bonds. The third kappa shape index (κ3) is 5.02. The molecule has 4 aromatic rings. The van der Waals surface area contributed by atoms with Crippen molar-refractivity contribution in [3.63, 3.8) is 0 Å². The number of thioether (sulfide) groups is 1. The number of ketones is 1. The Labute approximate surface area is 229 Å². The van der Waals surface area contributed by atoms with Crippen LogP contribution in [0.4, 0.5) is 4.79 Å². The highest BCUT2D eigenvalue weighted by Crippen LogP contribution is 2.35. The summed E-state index contributed by atoms with van der Waals surface area (Å²) in [5, 5.41) is 1.60. The molecule has 0 saturated carbocycles. The quantitative estimate of drug-likeness (QED) is 0.168. The molecular formula is C27H17BrCl2N2O3S. The van der Waals surface area contributed by atoms with Gasteiger partial charge in [-0.05, 0) is 53.7 Å². The first-order chi connectivity index (χ1) is 17.3. The summed E-state index contributed by atoms with van der Waals surface area (Å²) in [6.07, 6.45) is 3.63. The minimum absolute atomic E-state index is 0.274. The first kappa shape index (κ1) is 24.8. The van der Waals surface area contributed by atoms with Gasteiger partial charge in [-0.3, -0.25) is 19.3 Å². The second-order valence-electron chi connectivity index (χ2n) is 8.16. The number of amides is 2. The zero-order valence-corrected chi connectivity index (χ0v) is 22.5. The van der Waals surface area contributed by atoms with Crippen LogP contribution in [0.3, 0.4) is 0 Å². The number of aromatic nitrogens is 1. The zero-order chi connectivity index (χ0) is 25.4. The van der Waals surface area contributed by atoms with E-state index < -0.39 is 11.1 Å². The largest absolute Gasteiger partial charge is 0.342 e. The summed E-state index contributed by atoms with van der Waals surface area (Å²) in [5.74, 6) is -0.782. The van der Waals surface area contributed by atoms with Gasteiger partial charge in [-0.25, -0.2) is 0 Å². The highest BCUT2D eigenvalue weighted by Gasteiger charge is 2.36. The minimum atomic E-state index is -0.479. The number of hydrogen-bond acceptors (Lipinski definition) is 4. The van der Waals surface area contributed by atoms with Crippen LogP contribution < -0.4 is 0 Å². The number of nitrogens with zero attached hydrogens (tertiary/aromatic N) is 2. The number of para-hydroxylation sites is 1. The van der Waals surface area contributed by atoms with E-state index in [1.165, 1.54) is 0 Å². The lowest BCUT2D eigenvalue weighted by atomic mass is 10.1. The normalized spacial score (nSPS) is 14.9. The topological polar surface area (TPSA) is 59.4 Å². The van der Waals surface area contributed by atoms with E-state index in [1.54, 1.807) is 42.5 Å². The van der Waals surface area contributed by atoms with Gasteiger partial charge in [-0.1, -0.05) is 75.5 Å². The average Bonchev–Trinajstić information content (AvgIpc) is 3.33. The summed E-state index contributed by atoms with van der Waals surface area (Å²) in [4.78, 5) is 39.6. The van der Waals surface area contributed by atoms with Gasteiger partial charge in [0.2, 0.25) is 0 Å². The summed E-state index contributed by atoms with van der Waals surface area (Å²) in [7, 11) is 0. The number of fused-ring (bicyclic) bond motifs is 1. The third-order valence-corrected chi connectivity index (χ3v) is 7.83. The molecule has 9 heteroatoms. The van der Waals surface area contributed by atoms with Crippen molar-refractivity contribution in [2.75, 3.05) is 6.54 Å². The Balaban J connectivity index is 1.43. The van der Waals surface area contributed by atoms with E-state index in [4.69, 9.17) is 23.2 Å². The van der Waals surface area contributed by atoms with Gasteiger partial charge in [-0.15, -0.1) is 0 Å². The molecule has 1 fully saturated rings. The predicted molar refractivity (Wildman–Crippen MR) is 149 cm³/mol. The van der Waals surface area contributed by atoms with Crippen molar-refractivity contribution < 1.29 is 14.4 Å². The van der Waals surface area contributed by atoms with Crippen LogP contribution in [0.15, 0.2) is 82.3 Å². The molecule has 0 spiro atoms. The molecule has 0 radical (unpaired) electrons. The lowest BCUT2D eigenvalue weighted by molar-refractivity contribution is -0.122. The van der Waals surface area contributed by atoms with Crippen LogP contribution in [0.1, 0.15) is 21.5 Å². The van der Waals surface area contributed by atoms with Crippen LogP contribution in [-0.2, 0) is 11.3 Å². The van der Waals surface area contributed by atoms with E-state index in [0.29, 0.717) is 22.2 Å². The Morgan fingerprint density at radius 1 is 1.00 bits per heavy atom. The Morgan fingerprint density at radius 3 is 2.50 bits per heavy atom. The molecule has 0 aliphatic carbocycles. The van der Waals surface area contributed by atoms with E-state index in [9.17, 15) is 14.4 Å². The van der Waals surface area contributed by atoms with Crippen molar-refractivity contribution in [3.8, 4) is 0 Å². The van der Waals surface area contributed by atoms with Crippen molar-refractivity contribution in [2.24, 2.45) is 0 Å². The van der Waals surface area contributed by atoms with Gasteiger partial charge in [0.15, 0.2) is 5.78 Å². The molecule has 1 aliphatic heterocycles. The third-order valence-electron chi connectivity index (χ3n) is 5.80. The average molecular weight is 600 g/mol. The van der Waals surface area contributed by atoms with Crippen LogP contribution in [0.2, 0.25) is 10.0 Å². The molecule has 5 nitrogen and oxygen atoms in total. The first-order valence-corrected chi connectivity index (χ1v) is 13.2. The van der Waals surface area contributed by atoms with Crippen LogP contribution in [0, 0.1) is 0 Å². The van der Waals surface area contributed by atoms with Crippen molar-refractivity contribution in [3.05, 3.63) is 109 Å². The molecule has 5 rings (SSSR count). The maximum absolute atomic E-state index is 13.1. The summed E-state index contributed by atoms with van der Waals surface area (Å²) >= 11 is 16.6. The fraction of sp³-hybridized carbons (Fsp3) is 0.0741. The smallest absolute Gasteiger partial charge is 0.293 e. The molecular weight excluding hydrogens is 583 g/mol. The van der Waals surface area contributed by atoms with Crippen molar-refractivity contribution >= 4 is 84.8 Å². The molecule has 2 heterocycles. The Hall–Kier alpha value is -2.84. The van der Waals surface area contributed by atoms with Gasteiger partial charge in [0.1, 0.15) is 0 Å². The second kappa shape index (κ2) is 10.3. The maximum Gasteiger partial charge on any atom is 0.293 e. The number of rotatable bonds is 6. The molecule has 0 atom stereocenters. The standard InChI is InChI=1S/C27H17BrCl2N2O3S/c28-19-8-5-16(6-9-19)24(33)15-32-26(34)25(36-27(32)35)11-18-14-31(23-4-2-1-3-21(18)23)13-17-7-10-20(29)12-22(17)30/h1-12,14H,13,15H2/b25-11+. The number of halogens is 3. The van der Waals surface area contributed by atoms with E-state index in [0.717, 1.165) is 43.2 Å². The van der Waals surface area contributed by atoms with Gasteiger partial charge in [0.05, 0.1) is 11.4 Å². The van der Waals surface area contributed by atoms with Crippen LogP contribution in [0.5, 0.6) is 0 Å².